The second kappa shape index (κ2) is 9.11. The lowest BCUT2D eigenvalue weighted by atomic mass is 9.78. The van der Waals surface area contributed by atoms with Gasteiger partial charge in [0.25, 0.3) is 0 Å². The van der Waals surface area contributed by atoms with Gasteiger partial charge in [-0.05, 0) is 37.3 Å². The molecule has 2 N–H and O–H groups in total. The predicted octanol–water partition coefficient (Wildman–Crippen LogP) is 3.22. The van der Waals surface area contributed by atoms with E-state index in [0.29, 0.717) is 5.92 Å². The molecule has 1 saturated heterocycles. The van der Waals surface area contributed by atoms with Crippen LogP contribution in [0.4, 0.5) is 0 Å². The average molecular weight is 335 g/mol. The number of aliphatic imine (C=N–C) groups is 1. The molecule has 1 aliphatic heterocycles. The fourth-order valence-electron chi connectivity index (χ4n) is 3.30. The van der Waals surface area contributed by atoms with E-state index in [1.165, 1.54) is 6.42 Å². The van der Waals surface area contributed by atoms with Crippen LogP contribution in [0.1, 0.15) is 46.3 Å². The molecule has 5 heteroatoms. The van der Waals surface area contributed by atoms with Crippen molar-refractivity contribution in [2.24, 2.45) is 16.3 Å². The lowest BCUT2D eigenvalue weighted by Crippen LogP contribution is -2.43. The van der Waals surface area contributed by atoms with Crippen LogP contribution >= 0.6 is 0 Å². The minimum Gasteiger partial charge on any atom is -0.469 e. The summed E-state index contributed by atoms with van der Waals surface area (Å²) in [5.74, 6) is 2.35. The fourth-order valence-corrected chi connectivity index (χ4v) is 3.30. The van der Waals surface area contributed by atoms with Crippen molar-refractivity contribution in [3.63, 3.8) is 0 Å². The lowest BCUT2D eigenvalue weighted by Gasteiger charge is -2.39. The molecule has 0 bridgehead atoms. The Labute approximate surface area is 146 Å². The molecule has 2 unspecified atom stereocenters. The first-order valence-electron chi connectivity index (χ1n) is 9.17. The van der Waals surface area contributed by atoms with E-state index in [-0.39, 0.29) is 11.5 Å². The molecule has 0 saturated carbocycles. The maximum absolute atomic E-state index is 6.05. The molecular formula is C19H33N3O2. The van der Waals surface area contributed by atoms with Gasteiger partial charge in [0.1, 0.15) is 5.76 Å². The third-order valence-electron chi connectivity index (χ3n) is 4.37. The second-order valence-electron chi connectivity index (χ2n) is 7.54. The highest BCUT2D eigenvalue weighted by molar-refractivity contribution is 5.79. The monoisotopic (exact) mass is 335 g/mol. The van der Waals surface area contributed by atoms with E-state index >= 15 is 0 Å². The zero-order chi connectivity index (χ0) is 17.4. The maximum Gasteiger partial charge on any atom is 0.191 e. The zero-order valence-electron chi connectivity index (χ0n) is 15.6. The molecule has 0 aromatic carbocycles. The van der Waals surface area contributed by atoms with Gasteiger partial charge >= 0.3 is 0 Å². The smallest absolute Gasteiger partial charge is 0.191 e. The quantitative estimate of drug-likeness (QED) is 0.619. The maximum atomic E-state index is 6.05. The molecule has 0 spiro atoms. The van der Waals surface area contributed by atoms with Gasteiger partial charge in [0.15, 0.2) is 5.96 Å². The van der Waals surface area contributed by atoms with Gasteiger partial charge in [-0.2, -0.15) is 0 Å². The molecule has 2 heterocycles. The Morgan fingerprint density at radius 3 is 2.83 bits per heavy atom. The number of rotatable bonds is 6. The minimum atomic E-state index is 0.158. The van der Waals surface area contributed by atoms with Gasteiger partial charge in [-0.1, -0.05) is 20.8 Å². The van der Waals surface area contributed by atoms with Crippen LogP contribution in [0.5, 0.6) is 0 Å². The topological polar surface area (TPSA) is 58.8 Å². The standard InChI is InChI=1S/C19H33N3O2/c1-5-20-18(21-11-10-16-9-7-12-23-16)22-14-15-8-6-13-24-17(15)19(2,3)4/h7,9,12,15,17H,5-6,8,10-11,13-14H2,1-4H3,(H2,20,21,22). The third-order valence-corrected chi connectivity index (χ3v) is 4.37. The Kier molecular flexibility index (Phi) is 7.16. The van der Waals surface area contributed by atoms with Crippen molar-refractivity contribution >= 4 is 5.96 Å². The minimum absolute atomic E-state index is 0.158. The van der Waals surface area contributed by atoms with Gasteiger partial charge < -0.3 is 19.8 Å². The van der Waals surface area contributed by atoms with E-state index in [4.69, 9.17) is 14.1 Å². The van der Waals surface area contributed by atoms with Crippen molar-refractivity contribution in [2.75, 3.05) is 26.2 Å². The molecule has 1 aromatic rings. The van der Waals surface area contributed by atoms with Gasteiger partial charge in [-0.25, -0.2) is 0 Å². The van der Waals surface area contributed by atoms with E-state index in [1.807, 2.05) is 12.1 Å². The van der Waals surface area contributed by atoms with Gasteiger partial charge in [-0.15, -0.1) is 0 Å². The first kappa shape index (κ1) is 18.8. The van der Waals surface area contributed by atoms with E-state index in [0.717, 1.165) is 50.8 Å². The molecule has 2 rings (SSSR count). The first-order chi connectivity index (χ1) is 11.5. The summed E-state index contributed by atoms with van der Waals surface area (Å²) < 4.78 is 11.4. The van der Waals surface area contributed by atoms with E-state index < -0.39 is 0 Å². The summed E-state index contributed by atoms with van der Waals surface area (Å²) >= 11 is 0. The van der Waals surface area contributed by atoms with Gasteiger partial charge in [0.05, 0.1) is 12.4 Å². The van der Waals surface area contributed by atoms with E-state index in [2.05, 4.69) is 38.3 Å². The van der Waals surface area contributed by atoms with E-state index in [9.17, 15) is 0 Å². The summed E-state index contributed by atoms with van der Waals surface area (Å²) in [6.07, 6.45) is 5.17. The highest BCUT2D eigenvalue weighted by Crippen LogP contribution is 2.34. The summed E-state index contributed by atoms with van der Waals surface area (Å²) in [7, 11) is 0. The van der Waals surface area contributed by atoms with Gasteiger partial charge in [0, 0.05) is 38.6 Å². The molecular weight excluding hydrogens is 302 g/mol. The van der Waals surface area contributed by atoms with Crippen LogP contribution in [0, 0.1) is 11.3 Å². The van der Waals surface area contributed by atoms with E-state index in [1.54, 1.807) is 6.26 Å². The SMILES string of the molecule is CCNC(=NCC1CCCOC1C(C)(C)C)NCCc1ccco1. The van der Waals surface area contributed by atoms with Crippen molar-refractivity contribution in [1.82, 2.24) is 10.6 Å². The summed E-state index contributed by atoms with van der Waals surface area (Å²) in [6, 6.07) is 3.92. The first-order valence-corrected chi connectivity index (χ1v) is 9.17. The summed E-state index contributed by atoms with van der Waals surface area (Å²) in [5, 5.41) is 6.71. The summed E-state index contributed by atoms with van der Waals surface area (Å²) in [5.41, 5.74) is 0.158. The van der Waals surface area contributed by atoms with Crippen LogP contribution in [0.2, 0.25) is 0 Å². The fraction of sp³-hybridized carbons (Fsp3) is 0.737. The molecule has 5 nitrogen and oxygen atoms in total. The van der Waals surface area contributed by atoms with Crippen LogP contribution in [0.15, 0.2) is 27.8 Å². The highest BCUT2D eigenvalue weighted by Gasteiger charge is 2.35. The second-order valence-corrected chi connectivity index (χ2v) is 7.54. The van der Waals surface area contributed by atoms with Gasteiger partial charge in [0.2, 0.25) is 0 Å². The van der Waals surface area contributed by atoms with Crippen molar-refractivity contribution in [1.29, 1.82) is 0 Å². The van der Waals surface area contributed by atoms with Crippen LogP contribution in [-0.2, 0) is 11.2 Å². The Hall–Kier alpha value is -1.49. The predicted molar refractivity (Wildman–Crippen MR) is 98.3 cm³/mol. The Bertz CT molecular complexity index is 491. The highest BCUT2D eigenvalue weighted by atomic mass is 16.5. The molecule has 0 radical (unpaired) electrons. The number of ether oxygens (including phenoxy) is 1. The van der Waals surface area contributed by atoms with Crippen LogP contribution in [0.25, 0.3) is 0 Å². The van der Waals surface area contributed by atoms with Crippen molar-refractivity contribution < 1.29 is 9.15 Å². The number of furan rings is 1. The zero-order valence-corrected chi connectivity index (χ0v) is 15.6. The summed E-state index contributed by atoms with van der Waals surface area (Å²) in [6.45, 7) is 12.2. The number of nitrogens with one attached hydrogen (secondary N) is 2. The van der Waals surface area contributed by atoms with Crippen LogP contribution in [0.3, 0.4) is 0 Å². The largest absolute Gasteiger partial charge is 0.469 e. The van der Waals surface area contributed by atoms with Crippen LogP contribution in [-0.4, -0.2) is 38.3 Å². The van der Waals surface area contributed by atoms with Crippen molar-refractivity contribution in [2.45, 2.75) is 53.1 Å². The Morgan fingerprint density at radius 1 is 1.33 bits per heavy atom. The molecule has 136 valence electrons. The molecule has 2 atom stereocenters. The molecule has 1 fully saturated rings. The lowest BCUT2D eigenvalue weighted by molar-refractivity contribution is -0.0823. The van der Waals surface area contributed by atoms with Crippen molar-refractivity contribution in [3.8, 4) is 0 Å². The number of hydrogen-bond donors (Lipinski definition) is 2. The Balaban J connectivity index is 1.88. The molecule has 24 heavy (non-hydrogen) atoms. The number of hydrogen-bond acceptors (Lipinski definition) is 3. The Morgan fingerprint density at radius 2 is 2.17 bits per heavy atom. The molecule has 1 aliphatic rings. The number of nitrogens with zero attached hydrogens (tertiary/aromatic N) is 1. The summed E-state index contributed by atoms with van der Waals surface area (Å²) in [4.78, 5) is 4.80. The normalized spacial score (nSPS) is 22.4. The van der Waals surface area contributed by atoms with Crippen molar-refractivity contribution in [3.05, 3.63) is 24.2 Å². The average Bonchev–Trinajstić information content (AvgIpc) is 3.05. The molecule has 0 amide bonds. The third kappa shape index (κ3) is 5.86. The van der Waals surface area contributed by atoms with Gasteiger partial charge in [-0.3, -0.25) is 4.99 Å². The number of guanidine groups is 1. The molecule has 0 aliphatic carbocycles. The van der Waals surface area contributed by atoms with Crippen LogP contribution < -0.4 is 10.6 Å². The molecule has 1 aromatic heterocycles.